The lowest BCUT2D eigenvalue weighted by atomic mass is 10.1. The third kappa shape index (κ3) is 2.66. The Kier molecular flexibility index (Phi) is 3.66. The highest BCUT2D eigenvalue weighted by Crippen LogP contribution is 2.27. The predicted octanol–water partition coefficient (Wildman–Crippen LogP) is 2.08. The van der Waals surface area contributed by atoms with Crippen molar-refractivity contribution in [3.8, 4) is 5.75 Å². The van der Waals surface area contributed by atoms with E-state index in [1.54, 1.807) is 38.1 Å². The molecule has 1 aromatic carbocycles. The fraction of sp³-hybridized carbons (Fsp3) is 0.286. The molecule has 1 heterocycles. The van der Waals surface area contributed by atoms with Crippen LogP contribution in [0.2, 0.25) is 0 Å². The maximum Gasteiger partial charge on any atom is 0.340 e. The van der Waals surface area contributed by atoms with Crippen LogP contribution in [-0.4, -0.2) is 33.4 Å². The Hall–Kier alpha value is -2.14. The zero-order valence-electron chi connectivity index (χ0n) is 10.7. The van der Waals surface area contributed by atoms with E-state index in [4.69, 9.17) is 4.74 Å². The minimum Gasteiger partial charge on any atom is -0.485 e. The number of benzene rings is 1. The number of carboxylic acid groups (broad SMARTS) is 1. The Morgan fingerprint density at radius 3 is 2.63 bits per heavy atom. The predicted molar refractivity (Wildman–Crippen MR) is 70.5 cm³/mol. The fourth-order valence-electron chi connectivity index (χ4n) is 1.73. The molecule has 19 heavy (non-hydrogen) atoms. The number of aromatic carboxylic acids is 1. The zero-order valence-corrected chi connectivity index (χ0v) is 10.7. The summed E-state index contributed by atoms with van der Waals surface area (Å²) in [6, 6.07) is 6.97. The summed E-state index contributed by atoms with van der Waals surface area (Å²) in [4.78, 5) is 15.6. The molecule has 0 saturated carbocycles. The summed E-state index contributed by atoms with van der Waals surface area (Å²) in [5, 5.41) is 19.3. The summed E-state index contributed by atoms with van der Waals surface area (Å²) in [5.41, 5.74) is 0.662. The van der Waals surface area contributed by atoms with Crippen LogP contribution in [-0.2, 0) is 0 Å². The van der Waals surface area contributed by atoms with Crippen molar-refractivity contribution in [2.45, 2.75) is 26.1 Å². The topological polar surface area (TPSA) is 79.7 Å². The number of carbonyl (C=O) groups is 1. The molecule has 0 fully saturated rings. The average Bonchev–Trinajstić information content (AvgIpc) is 2.37. The molecule has 100 valence electrons. The van der Waals surface area contributed by atoms with Crippen LogP contribution in [0.1, 0.15) is 24.2 Å². The van der Waals surface area contributed by atoms with Gasteiger partial charge in [0.05, 0.1) is 17.8 Å². The molecule has 0 saturated heterocycles. The second kappa shape index (κ2) is 5.24. The molecular formula is C14H15NO4. The fourth-order valence-corrected chi connectivity index (χ4v) is 1.73. The number of para-hydroxylation sites is 1. The van der Waals surface area contributed by atoms with Gasteiger partial charge in [0.15, 0.2) is 5.75 Å². The Labute approximate surface area is 110 Å². The van der Waals surface area contributed by atoms with Crippen molar-refractivity contribution in [3.05, 3.63) is 36.0 Å². The standard InChI is InChI=1S/C14H15NO4/c1-8(16)9(2)19-12-7-15-11-6-4-3-5-10(11)13(12)14(17)18/h3-9,16H,1-2H3,(H,17,18). The molecule has 2 rings (SSSR count). The van der Waals surface area contributed by atoms with E-state index in [2.05, 4.69) is 4.98 Å². The number of rotatable bonds is 4. The smallest absolute Gasteiger partial charge is 0.340 e. The van der Waals surface area contributed by atoms with E-state index in [-0.39, 0.29) is 11.3 Å². The molecule has 0 spiro atoms. The zero-order chi connectivity index (χ0) is 14.0. The highest BCUT2D eigenvalue weighted by atomic mass is 16.5. The Morgan fingerprint density at radius 2 is 2.00 bits per heavy atom. The van der Waals surface area contributed by atoms with Crippen molar-refractivity contribution in [2.75, 3.05) is 0 Å². The van der Waals surface area contributed by atoms with Crippen molar-refractivity contribution in [1.29, 1.82) is 0 Å². The molecule has 1 aromatic heterocycles. The molecule has 2 N–H and O–H groups in total. The van der Waals surface area contributed by atoms with Crippen molar-refractivity contribution in [1.82, 2.24) is 4.98 Å². The van der Waals surface area contributed by atoms with Gasteiger partial charge in [0.2, 0.25) is 0 Å². The molecule has 0 aliphatic rings. The SMILES string of the molecule is CC(O)C(C)Oc1cnc2ccccc2c1C(=O)O. The molecular weight excluding hydrogens is 246 g/mol. The Balaban J connectivity index is 2.55. The Morgan fingerprint density at radius 1 is 1.32 bits per heavy atom. The van der Waals surface area contributed by atoms with Gasteiger partial charge in [-0.05, 0) is 19.9 Å². The van der Waals surface area contributed by atoms with Crippen LogP contribution in [0.5, 0.6) is 5.75 Å². The number of aliphatic hydroxyl groups excluding tert-OH is 1. The molecule has 2 aromatic rings. The third-order valence-corrected chi connectivity index (χ3v) is 2.95. The summed E-state index contributed by atoms with van der Waals surface area (Å²) >= 11 is 0. The van der Waals surface area contributed by atoms with Crippen LogP contribution in [0.25, 0.3) is 10.9 Å². The number of aliphatic hydroxyl groups is 1. The van der Waals surface area contributed by atoms with Crippen LogP contribution >= 0.6 is 0 Å². The van der Waals surface area contributed by atoms with Gasteiger partial charge in [-0.25, -0.2) is 4.79 Å². The molecule has 5 heteroatoms. The van der Waals surface area contributed by atoms with Gasteiger partial charge in [0.25, 0.3) is 0 Å². The van der Waals surface area contributed by atoms with E-state index >= 15 is 0 Å². The highest BCUT2D eigenvalue weighted by molar-refractivity contribution is 6.04. The van der Waals surface area contributed by atoms with Gasteiger partial charge < -0.3 is 14.9 Å². The second-order valence-corrected chi connectivity index (χ2v) is 4.38. The number of hydrogen-bond acceptors (Lipinski definition) is 4. The van der Waals surface area contributed by atoms with Crippen LogP contribution in [0, 0.1) is 0 Å². The second-order valence-electron chi connectivity index (χ2n) is 4.38. The molecule has 0 aliphatic carbocycles. The molecule has 2 unspecified atom stereocenters. The number of pyridine rings is 1. The molecule has 0 bridgehead atoms. The van der Waals surface area contributed by atoms with Gasteiger partial charge in [0, 0.05) is 5.39 Å². The number of carboxylic acids is 1. The third-order valence-electron chi connectivity index (χ3n) is 2.95. The van der Waals surface area contributed by atoms with Gasteiger partial charge in [-0.3, -0.25) is 4.98 Å². The lowest BCUT2D eigenvalue weighted by Gasteiger charge is -2.18. The maximum absolute atomic E-state index is 11.4. The first kappa shape index (κ1) is 13.3. The quantitative estimate of drug-likeness (QED) is 0.880. The first-order valence-corrected chi connectivity index (χ1v) is 5.96. The molecule has 5 nitrogen and oxygen atoms in total. The van der Waals surface area contributed by atoms with E-state index in [9.17, 15) is 15.0 Å². The van der Waals surface area contributed by atoms with E-state index in [1.165, 1.54) is 6.20 Å². The van der Waals surface area contributed by atoms with Crippen molar-refractivity contribution < 1.29 is 19.7 Å². The first-order valence-electron chi connectivity index (χ1n) is 5.96. The van der Waals surface area contributed by atoms with Crippen LogP contribution < -0.4 is 4.74 Å². The number of aromatic nitrogens is 1. The van der Waals surface area contributed by atoms with E-state index in [0.29, 0.717) is 10.9 Å². The van der Waals surface area contributed by atoms with Crippen LogP contribution in [0.4, 0.5) is 0 Å². The van der Waals surface area contributed by atoms with Crippen molar-refractivity contribution in [3.63, 3.8) is 0 Å². The molecule has 0 aliphatic heterocycles. The molecule has 0 amide bonds. The summed E-state index contributed by atoms with van der Waals surface area (Å²) in [6.07, 6.45) is 0.166. The lowest BCUT2D eigenvalue weighted by Crippen LogP contribution is -2.26. The number of hydrogen-bond donors (Lipinski definition) is 2. The largest absolute Gasteiger partial charge is 0.485 e. The minimum absolute atomic E-state index is 0.0677. The van der Waals surface area contributed by atoms with Crippen LogP contribution in [0.15, 0.2) is 30.5 Å². The van der Waals surface area contributed by atoms with Gasteiger partial charge in [-0.15, -0.1) is 0 Å². The van der Waals surface area contributed by atoms with E-state index in [0.717, 1.165) is 0 Å². The number of nitrogens with zero attached hydrogens (tertiary/aromatic N) is 1. The summed E-state index contributed by atoms with van der Waals surface area (Å²) in [6.45, 7) is 3.26. The normalized spacial score (nSPS) is 14.1. The van der Waals surface area contributed by atoms with E-state index < -0.39 is 18.2 Å². The average molecular weight is 261 g/mol. The van der Waals surface area contributed by atoms with Gasteiger partial charge in [-0.1, -0.05) is 18.2 Å². The monoisotopic (exact) mass is 261 g/mol. The van der Waals surface area contributed by atoms with Gasteiger partial charge in [-0.2, -0.15) is 0 Å². The van der Waals surface area contributed by atoms with Crippen molar-refractivity contribution >= 4 is 16.9 Å². The lowest BCUT2D eigenvalue weighted by molar-refractivity contribution is 0.0560. The first-order chi connectivity index (χ1) is 9.00. The van der Waals surface area contributed by atoms with Gasteiger partial charge in [0.1, 0.15) is 11.7 Å². The summed E-state index contributed by atoms with van der Waals surface area (Å²) in [5.74, 6) is -0.911. The van der Waals surface area contributed by atoms with E-state index in [1.807, 2.05) is 0 Å². The number of ether oxygens (including phenoxy) is 1. The Bertz CT molecular complexity index is 609. The minimum atomic E-state index is -1.08. The van der Waals surface area contributed by atoms with Crippen molar-refractivity contribution in [2.24, 2.45) is 0 Å². The number of fused-ring (bicyclic) bond motifs is 1. The van der Waals surface area contributed by atoms with Crippen LogP contribution in [0.3, 0.4) is 0 Å². The molecule has 2 atom stereocenters. The van der Waals surface area contributed by atoms with Gasteiger partial charge >= 0.3 is 5.97 Å². The maximum atomic E-state index is 11.4. The molecule has 0 radical (unpaired) electrons. The summed E-state index contributed by atoms with van der Waals surface area (Å²) < 4.78 is 5.48. The highest BCUT2D eigenvalue weighted by Gasteiger charge is 2.19. The summed E-state index contributed by atoms with van der Waals surface area (Å²) in [7, 11) is 0.